The lowest BCUT2D eigenvalue weighted by molar-refractivity contribution is -0.151. The molecule has 0 aliphatic rings. The van der Waals surface area contributed by atoms with Gasteiger partial charge in [-0.15, -0.1) is 0 Å². The van der Waals surface area contributed by atoms with Gasteiger partial charge >= 0.3 is 5.97 Å². The minimum absolute atomic E-state index is 0.0400. The summed E-state index contributed by atoms with van der Waals surface area (Å²) in [4.78, 5) is 26.7. The van der Waals surface area contributed by atoms with Crippen LogP contribution in [0.25, 0.3) is 0 Å². The fourth-order valence-electron chi connectivity index (χ4n) is 2.26. The molecule has 5 nitrogen and oxygen atoms in total. The number of amides is 1. The van der Waals surface area contributed by atoms with Crippen molar-refractivity contribution in [3.63, 3.8) is 0 Å². The van der Waals surface area contributed by atoms with E-state index in [1.807, 2.05) is 30.3 Å². The molecule has 0 saturated heterocycles. The van der Waals surface area contributed by atoms with E-state index in [1.165, 1.54) is 29.2 Å². The summed E-state index contributed by atoms with van der Waals surface area (Å²) in [5.41, 5.74) is 0.453. The van der Waals surface area contributed by atoms with Crippen molar-refractivity contribution >= 4 is 11.9 Å². The molecule has 0 unspecified atom stereocenters. The number of hydrogen-bond donors (Lipinski definition) is 1. The highest BCUT2D eigenvalue weighted by Gasteiger charge is 2.27. The van der Waals surface area contributed by atoms with Gasteiger partial charge in [0.15, 0.2) is 0 Å². The van der Waals surface area contributed by atoms with Gasteiger partial charge < -0.3 is 9.84 Å². The van der Waals surface area contributed by atoms with E-state index in [0.29, 0.717) is 5.56 Å². The number of carbonyl (C=O) groups excluding carboxylic acids is 2. The first kappa shape index (κ1) is 19.2. The molecule has 0 spiro atoms. The van der Waals surface area contributed by atoms with Crippen LogP contribution < -0.4 is 0 Å². The van der Waals surface area contributed by atoms with Crippen LogP contribution in [0, 0.1) is 0 Å². The summed E-state index contributed by atoms with van der Waals surface area (Å²) in [6.07, 6.45) is 0. The fourth-order valence-corrected chi connectivity index (χ4v) is 2.26. The first-order valence-electron chi connectivity index (χ1n) is 8.24. The summed E-state index contributed by atoms with van der Waals surface area (Å²) in [6.45, 7) is 9.21. The summed E-state index contributed by atoms with van der Waals surface area (Å²) < 4.78 is 5.35. The van der Waals surface area contributed by atoms with Crippen LogP contribution in [0.5, 0.6) is 5.75 Å². The molecular weight excluding hydrogens is 330 g/mol. The van der Waals surface area contributed by atoms with Crippen molar-refractivity contribution in [2.75, 3.05) is 0 Å². The molecule has 5 heteroatoms. The van der Waals surface area contributed by atoms with Crippen molar-refractivity contribution in [1.82, 2.24) is 4.90 Å². The smallest absolute Gasteiger partial charge is 0.354 e. The van der Waals surface area contributed by atoms with Crippen molar-refractivity contribution in [2.45, 2.75) is 32.9 Å². The Balaban J connectivity index is 2.32. The second-order valence-electron chi connectivity index (χ2n) is 6.87. The van der Waals surface area contributed by atoms with E-state index in [0.717, 1.165) is 5.56 Å². The lowest BCUT2D eigenvalue weighted by Crippen LogP contribution is -2.36. The van der Waals surface area contributed by atoms with Crippen molar-refractivity contribution in [1.29, 1.82) is 0 Å². The van der Waals surface area contributed by atoms with Crippen LogP contribution in [0.15, 0.2) is 66.9 Å². The summed E-state index contributed by atoms with van der Waals surface area (Å²) in [5.74, 6) is -0.993. The van der Waals surface area contributed by atoms with Gasteiger partial charge in [-0.05, 0) is 50.6 Å². The molecule has 0 fully saturated rings. The van der Waals surface area contributed by atoms with Gasteiger partial charge in [-0.1, -0.05) is 36.9 Å². The minimum Gasteiger partial charge on any atom is -0.508 e. The molecule has 0 heterocycles. The summed E-state index contributed by atoms with van der Waals surface area (Å²) in [7, 11) is 0. The number of rotatable bonds is 5. The number of phenolic OH excluding ortho intramolecular Hbond substituents is 1. The highest BCUT2D eigenvalue weighted by molar-refractivity contribution is 6.01. The first-order valence-corrected chi connectivity index (χ1v) is 8.24. The second-order valence-corrected chi connectivity index (χ2v) is 6.87. The van der Waals surface area contributed by atoms with Crippen molar-refractivity contribution in [3.8, 4) is 5.75 Å². The molecule has 0 atom stereocenters. The number of ether oxygens (including phenoxy) is 1. The number of phenols is 1. The molecule has 0 saturated carbocycles. The predicted molar refractivity (Wildman–Crippen MR) is 99.4 cm³/mol. The summed E-state index contributed by atoms with van der Waals surface area (Å²) in [6, 6.07) is 15.1. The third-order valence-corrected chi connectivity index (χ3v) is 3.50. The molecule has 0 aliphatic heterocycles. The topological polar surface area (TPSA) is 66.8 Å². The van der Waals surface area contributed by atoms with Crippen LogP contribution in [0.1, 0.15) is 36.7 Å². The van der Waals surface area contributed by atoms with Crippen LogP contribution in [0.2, 0.25) is 0 Å². The molecule has 1 amide bonds. The van der Waals surface area contributed by atoms with E-state index in [2.05, 4.69) is 6.58 Å². The van der Waals surface area contributed by atoms with Gasteiger partial charge in [0.2, 0.25) is 0 Å². The van der Waals surface area contributed by atoms with Crippen molar-refractivity contribution < 1.29 is 19.4 Å². The molecule has 0 aliphatic carbocycles. The monoisotopic (exact) mass is 353 g/mol. The van der Waals surface area contributed by atoms with Crippen LogP contribution in [0.4, 0.5) is 0 Å². The Labute approximate surface area is 153 Å². The van der Waals surface area contributed by atoms with Crippen LogP contribution in [-0.4, -0.2) is 27.5 Å². The third-order valence-electron chi connectivity index (χ3n) is 3.50. The Morgan fingerprint density at radius 1 is 1.04 bits per heavy atom. The first-order chi connectivity index (χ1) is 12.2. The average molecular weight is 353 g/mol. The van der Waals surface area contributed by atoms with E-state index >= 15 is 0 Å². The van der Waals surface area contributed by atoms with Gasteiger partial charge in [-0.25, -0.2) is 4.79 Å². The Hall–Kier alpha value is -3.08. The molecule has 26 heavy (non-hydrogen) atoms. The number of benzene rings is 2. The van der Waals surface area contributed by atoms with E-state index in [-0.39, 0.29) is 18.0 Å². The van der Waals surface area contributed by atoms with E-state index in [1.54, 1.807) is 20.8 Å². The second kappa shape index (κ2) is 7.87. The molecule has 0 radical (unpaired) electrons. The van der Waals surface area contributed by atoms with Gasteiger partial charge in [0.1, 0.15) is 17.0 Å². The normalized spacial score (nSPS) is 10.9. The maximum absolute atomic E-state index is 12.9. The number of esters is 1. The van der Waals surface area contributed by atoms with Crippen molar-refractivity contribution in [2.24, 2.45) is 0 Å². The molecule has 2 aromatic rings. The summed E-state index contributed by atoms with van der Waals surface area (Å²) in [5, 5.41) is 9.42. The maximum Gasteiger partial charge on any atom is 0.354 e. The van der Waals surface area contributed by atoms with Crippen LogP contribution >= 0.6 is 0 Å². The van der Waals surface area contributed by atoms with Gasteiger partial charge in [0, 0.05) is 5.56 Å². The SMILES string of the molecule is C=C(C(=O)OC(C)(C)C)N(Cc1ccccc1)C(=O)c1ccc(O)cc1. The van der Waals surface area contributed by atoms with E-state index < -0.39 is 17.5 Å². The molecule has 2 rings (SSSR count). The molecule has 0 aromatic heterocycles. The molecule has 136 valence electrons. The Bertz CT molecular complexity index is 789. The quantitative estimate of drug-likeness (QED) is 0.654. The molecule has 2 aromatic carbocycles. The zero-order chi connectivity index (χ0) is 19.3. The standard InChI is InChI=1S/C21H23NO4/c1-15(20(25)26-21(2,3)4)22(14-16-8-6-5-7-9-16)19(24)17-10-12-18(23)13-11-17/h5-13,23H,1,14H2,2-4H3. The Kier molecular flexibility index (Phi) is 5.82. The lowest BCUT2D eigenvalue weighted by Gasteiger charge is -2.27. The number of aromatic hydroxyl groups is 1. The molecule has 1 N–H and O–H groups in total. The van der Waals surface area contributed by atoms with Gasteiger partial charge in [-0.3, -0.25) is 9.69 Å². The van der Waals surface area contributed by atoms with E-state index in [4.69, 9.17) is 4.74 Å². The molecule has 0 bridgehead atoms. The zero-order valence-electron chi connectivity index (χ0n) is 15.2. The molecular formula is C21H23NO4. The zero-order valence-corrected chi connectivity index (χ0v) is 15.2. The highest BCUT2D eigenvalue weighted by Crippen LogP contribution is 2.20. The minimum atomic E-state index is -0.694. The maximum atomic E-state index is 12.9. The number of carbonyl (C=O) groups is 2. The average Bonchev–Trinajstić information content (AvgIpc) is 2.58. The Morgan fingerprint density at radius 2 is 1.62 bits per heavy atom. The van der Waals surface area contributed by atoms with Crippen LogP contribution in [-0.2, 0) is 16.1 Å². The highest BCUT2D eigenvalue weighted by atomic mass is 16.6. The fraction of sp³-hybridized carbons (Fsp3) is 0.238. The third kappa shape index (κ3) is 5.21. The Morgan fingerprint density at radius 3 is 2.15 bits per heavy atom. The van der Waals surface area contributed by atoms with E-state index in [9.17, 15) is 14.7 Å². The van der Waals surface area contributed by atoms with Gasteiger partial charge in [-0.2, -0.15) is 0 Å². The van der Waals surface area contributed by atoms with Gasteiger partial charge in [0.05, 0.1) is 6.54 Å². The number of nitrogens with zero attached hydrogens (tertiary/aromatic N) is 1. The van der Waals surface area contributed by atoms with Gasteiger partial charge in [0.25, 0.3) is 5.91 Å². The van der Waals surface area contributed by atoms with Crippen LogP contribution in [0.3, 0.4) is 0 Å². The largest absolute Gasteiger partial charge is 0.508 e. The predicted octanol–water partition coefficient (Wildman–Crippen LogP) is 3.89. The number of hydrogen-bond acceptors (Lipinski definition) is 4. The van der Waals surface area contributed by atoms with Crippen molar-refractivity contribution in [3.05, 3.63) is 78.0 Å². The summed E-state index contributed by atoms with van der Waals surface area (Å²) >= 11 is 0. The lowest BCUT2D eigenvalue weighted by atomic mass is 10.1.